The van der Waals surface area contributed by atoms with E-state index in [-0.39, 0.29) is 19.0 Å². The Balaban J connectivity index is 1.61. The number of ether oxygens (including phenoxy) is 3. The van der Waals surface area contributed by atoms with E-state index in [1.54, 1.807) is 0 Å². The van der Waals surface area contributed by atoms with E-state index in [0.717, 1.165) is 15.6 Å². The quantitative estimate of drug-likeness (QED) is 0.761. The Morgan fingerprint density at radius 2 is 1.78 bits per heavy atom. The second-order valence-electron chi connectivity index (χ2n) is 5.41. The van der Waals surface area contributed by atoms with Crippen molar-refractivity contribution in [2.45, 2.75) is 20.0 Å². The third kappa shape index (κ3) is 4.05. The lowest BCUT2D eigenvalue weighted by Gasteiger charge is -2.19. The topological polar surface area (TPSA) is 44.8 Å². The van der Waals surface area contributed by atoms with Gasteiger partial charge in [0.2, 0.25) is 0 Å². The molecule has 1 heterocycles. The van der Waals surface area contributed by atoms with Gasteiger partial charge >= 0.3 is 5.97 Å². The van der Waals surface area contributed by atoms with Crippen LogP contribution in [0.25, 0.3) is 0 Å². The van der Waals surface area contributed by atoms with Crippen molar-refractivity contribution in [1.29, 1.82) is 0 Å². The van der Waals surface area contributed by atoms with Gasteiger partial charge in [-0.05, 0) is 24.6 Å². The minimum atomic E-state index is -0.254. The maximum absolute atomic E-state index is 12.0. The standard InChI is InChI=1S/C18H17BrO4/c1-12-2-4-13(5-3-12)8-18(20)23-11-14-9-16-17(10-15(14)19)22-7-6-21-16/h2-5,9-10H,6-8,11H2,1H3. The van der Waals surface area contributed by atoms with Crippen LogP contribution in [0.5, 0.6) is 11.5 Å². The minimum absolute atomic E-state index is 0.196. The molecule has 1 aliphatic rings. The van der Waals surface area contributed by atoms with Crippen molar-refractivity contribution < 1.29 is 19.0 Å². The molecule has 120 valence electrons. The number of hydrogen-bond donors (Lipinski definition) is 0. The number of carbonyl (C=O) groups excluding carboxylic acids is 1. The first-order valence-electron chi connectivity index (χ1n) is 7.41. The number of benzene rings is 2. The van der Waals surface area contributed by atoms with Crippen molar-refractivity contribution in [2.75, 3.05) is 13.2 Å². The molecule has 2 aromatic carbocycles. The van der Waals surface area contributed by atoms with Gasteiger partial charge in [-0.1, -0.05) is 45.8 Å². The Kier molecular flexibility index (Phi) is 4.86. The molecule has 0 saturated heterocycles. The van der Waals surface area contributed by atoms with Crippen LogP contribution >= 0.6 is 15.9 Å². The van der Waals surface area contributed by atoms with Crippen LogP contribution in [0.4, 0.5) is 0 Å². The number of carbonyl (C=O) groups is 1. The van der Waals surface area contributed by atoms with E-state index in [2.05, 4.69) is 15.9 Å². The van der Waals surface area contributed by atoms with Gasteiger partial charge in [0.15, 0.2) is 11.5 Å². The fourth-order valence-corrected chi connectivity index (χ4v) is 2.74. The Hall–Kier alpha value is -2.01. The molecular weight excluding hydrogens is 360 g/mol. The predicted octanol–water partition coefficient (Wildman–Crippen LogP) is 3.81. The third-order valence-corrected chi connectivity index (χ3v) is 4.31. The van der Waals surface area contributed by atoms with E-state index in [1.165, 1.54) is 5.56 Å². The fraction of sp³-hybridized carbons (Fsp3) is 0.278. The summed E-state index contributed by atoms with van der Waals surface area (Å²) in [6, 6.07) is 11.5. The Morgan fingerprint density at radius 3 is 2.48 bits per heavy atom. The molecule has 0 spiro atoms. The number of halogens is 1. The molecule has 0 bridgehead atoms. The highest BCUT2D eigenvalue weighted by atomic mass is 79.9. The van der Waals surface area contributed by atoms with Gasteiger partial charge in [-0.15, -0.1) is 0 Å². The molecule has 3 rings (SSSR count). The molecular formula is C18H17BrO4. The SMILES string of the molecule is Cc1ccc(CC(=O)OCc2cc3c(cc2Br)OCCO3)cc1. The first kappa shape index (κ1) is 15.9. The molecule has 0 fully saturated rings. The molecule has 0 saturated carbocycles. The molecule has 2 aromatic rings. The fourth-order valence-electron chi connectivity index (χ4n) is 2.30. The molecule has 5 heteroatoms. The van der Waals surface area contributed by atoms with Gasteiger partial charge in [0, 0.05) is 10.0 Å². The lowest BCUT2D eigenvalue weighted by atomic mass is 10.1. The zero-order chi connectivity index (χ0) is 16.2. The van der Waals surface area contributed by atoms with E-state index in [1.807, 2.05) is 43.3 Å². The summed E-state index contributed by atoms with van der Waals surface area (Å²) in [6.07, 6.45) is 0.266. The lowest BCUT2D eigenvalue weighted by molar-refractivity contribution is -0.144. The molecule has 4 nitrogen and oxygen atoms in total. The van der Waals surface area contributed by atoms with Crippen molar-refractivity contribution >= 4 is 21.9 Å². The molecule has 0 atom stereocenters. The predicted molar refractivity (Wildman–Crippen MR) is 89.8 cm³/mol. The van der Waals surface area contributed by atoms with Crippen molar-refractivity contribution in [3.05, 3.63) is 57.6 Å². The van der Waals surface area contributed by atoms with Crippen LogP contribution in [0.15, 0.2) is 40.9 Å². The average molecular weight is 377 g/mol. The van der Waals surface area contributed by atoms with Gasteiger partial charge in [0.25, 0.3) is 0 Å². The molecule has 0 aliphatic carbocycles. The van der Waals surface area contributed by atoms with Gasteiger partial charge in [-0.2, -0.15) is 0 Å². The highest BCUT2D eigenvalue weighted by Crippen LogP contribution is 2.35. The summed E-state index contributed by atoms with van der Waals surface area (Å²) in [4.78, 5) is 12.0. The van der Waals surface area contributed by atoms with Crippen LogP contribution in [-0.4, -0.2) is 19.2 Å². The highest BCUT2D eigenvalue weighted by molar-refractivity contribution is 9.10. The number of fused-ring (bicyclic) bond motifs is 1. The normalized spacial score (nSPS) is 12.8. The second-order valence-corrected chi connectivity index (χ2v) is 6.26. The summed E-state index contributed by atoms with van der Waals surface area (Å²) >= 11 is 3.47. The molecule has 0 unspecified atom stereocenters. The third-order valence-electron chi connectivity index (χ3n) is 3.57. The van der Waals surface area contributed by atoms with Gasteiger partial charge in [-0.25, -0.2) is 0 Å². The van der Waals surface area contributed by atoms with Crippen molar-refractivity contribution in [3.8, 4) is 11.5 Å². The number of esters is 1. The summed E-state index contributed by atoms with van der Waals surface area (Å²) in [6.45, 7) is 3.29. The van der Waals surface area contributed by atoms with Gasteiger partial charge in [0.1, 0.15) is 19.8 Å². The zero-order valence-corrected chi connectivity index (χ0v) is 14.4. The molecule has 0 amide bonds. The van der Waals surface area contributed by atoms with E-state index >= 15 is 0 Å². The van der Waals surface area contributed by atoms with Crippen molar-refractivity contribution in [3.63, 3.8) is 0 Å². The summed E-state index contributed by atoms with van der Waals surface area (Å²) < 4.78 is 17.3. The van der Waals surface area contributed by atoms with Crippen LogP contribution in [0.1, 0.15) is 16.7 Å². The van der Waals surface area contributed by atoms with Crippen LogP contribution in [0.2, 0.25) is 0 Å². The smallest absolute Gasteiger partial charge is 0.310 e. The van der Waals surface area contributed by atoms with Gasteiger partial charge in [-0.3, -0.25) is 4.79 Å². The molecule has 1 aliphatic heterocycles. The first-order chi connectivity index (χ1) is 11.1. The van der Waals surface area contributed by atoms with Crippen LogP contribution in [-0.2, 0) is 22.6 Å². The number of rotatable bonds is 4. The molecule has 0 N–H and O–H groups in total. The highest BCUT2D eigenvalue weighted by Gasteiger charge is 2.16. The first-order valence-corrected chi connectivity index (χ1v) is 8.20. The minimum Gasteiger partial charge on any atom is -0.486 e. The second kappa shape index (κ2) is 7.04. The average Bonchev–Trinajstić information content (AvgIpc) is 2.55. The summed E-state index contributed by atoms with van der Waals surface area (Å²) in [5.41, 5.74) is 2.97. The maximum atomic E-state index is 12.0. The van der Waals surface area contributed by atoms with Gasteiger partial charge < -0.3 is 14.2 Å². The van der Waals surface area contributed by atoms with Crippen LogP contribution in [0.3, 0.4) is 0 Å². The van der Waals surface area contributed by atoms with Crippen LogP contribution in [0, 0.1) is 6.92 Å². The van der Waals surface area contributed by atoms with Crippen LogP contribution < -0.4 is 9.47 Å². The number of aryl methyl sites for hydroxylation is 1. The zero-order valence-electron chi connectivity index (χ0n) is 12.8. The summed E-state index contributed by atoms with van der Waals surface area (Å²) in [7, 11) is 0. The van der Waals surface area contributed by atoms with Crippen molar-refractivity contribution in [1.82, 2.24) is 0 Å². The van der Waals surface area contributed by atoms with E-state index in [0.29, 0.717) is 24.7 Å². The number of hydrogen-bond acceptors (Lipinski definition) is 4. The van der Waals surface area contributed by atoms with E-state index in [9.17, 15) is 4.79 Å². The van der Waals surface area contributed by atoms with E-state index < -0.39 is 0 Å². The summed E-state index contributed by atoms with van der Waals surface area (Å²) in [5, 5.41) is 0. The lowest BCUT2D eigenvalue weighted by Crippen LogP contribution is -2.16. The van der Waals surface area contributed by atoms with Gasteiger partial charge in [0.05, 0.1) is 6.42 Å². The molecule has 0 radical (unpaired) electrons. The Bertz CT molecular complexity index is 710. The monoisotopic (exact) mass is 376 g/mol. The maximum Gasteiger partial charge on any atom is 0.310 e. The Morgan fingerprint density at radius 1 is 1.13 bits per heavy atom. The van der Waals surface area contributed by atoms with Crippen molar-refractivity contribution in [2.24, 2.45) is 0 Å². The molecule has 23 heavy (non-hydrogen) atoms. The molecule has 0 aromatic heterocycles. The largest absolute Gasteiger partial charge is 0.486 e. The van der Waals surface area contributed by atoms with E-state index in [4.69, 9.17) is 14.2 Å². The summed E-state index contributed by atoms with van der Waals surface area (Å²) in [5.74, 6) is 1.14. The Labute approximate surface area is 143 Å².